The van der Waals surface area contributed by atoms with E-state index in [9.17, 15) is 18.9 Å². The second-order valence-corrected chi connectivity index (χ2v) is 3.95. The predicted molar refractivity (Wildman–Crippen MR) is 69.0 cm³/mol. The van der Waals surface area contributed by atoms with Crippen molar-refractivity contribution in [1.29, 1.82) is 0 Å². The third-order valence-corrected chi connectivity index (χ3v) is 2.53. The monoisotopic (exact) mass is 280 g/mol. The van der Waals surface area contributed by atoms with E-state index in [0.717, 1.165) is 18.2 Å². The molecule has 0 bridgehead atoms. The summed E-state index contributed by atoms with van der Waals surface area (Å²) in [6, 6.07) is 9.29. The van der Waals surface area contributed by atoms with Gasteiger partial charge in [-0.25, -0.2) is 8.78 Å². The minimum atomic E-state index is -2.88. The molecule has 20 heavy (non-hydrogen) atoms. The third kappa shape index (κ3) is 3.00. The molecule has 0 radical (unpaired) electrons. The van der Waals surface area contributed by atoms with Gasteiger partial charge in [-0.1, -0.05) is 6.07 Å². The molecule has 0 aliphatic carbocycles. The van der Waals surface area contributed by atoms with Gasteiger partial charge in [-0.2, -0.15) is 0 Å². The molecule has 0 aromatic heterocycles. The highest BCUT2D eigenvalue weighted by atomic mass is 19.3. The molecule has 2 rings (SSSR count). The Balaban J connectivity index is 2.38. The number of rotatable bonds is 4. The number of nitro groups is 1. The van der Waals surface area contributed by atoms with Crippen LogP contribution >= 0.6 is 0 Å². The molecule has 0 aliphatic heterocycles. The first-order valence-corrected chi connectivity index (χ1v) is 5.57. The van der Waals surface area contributed by atoms with E-state index in [-0.39, 0.29) is 11.5 Å². The van der Waals surface area contributed by atoms with Crippen LogP contribution in [0.25, 0.3) is 0 Å². The predicted octanol–water partition coefficient (Wildman–Crippen LogP) is 3.91. The van der Waals surface area contributed by atoms with Crippen LogP contribution in [0.1, 0.15) is 12.0 Å². The second-order valence-electron chi connectivity index (χ2n) is 3.95. The van der Waals surface area contributed by atoms with Crippen LogP contribution in [0.15, 0.2) is 42.5 Å². The van der Waals surface area contributed by atoms with E-state index in [1.807, 2.05) is 0 Å². The van der Waals surface area contributed by atoms with Gasteiger partial charge in [-0.05, 0) is 18.2 Å². The Hall–Kier alpha value is -2.70. The fraction of sp³-hybridized carbons (Fsp3) is 0.0769. The molecule has 0 spiro atoms. The first kappa shape index (κ1) is 13.7. The van der Waals surface area contributed by atoms with Crippen molar-refractivity contribution in [2.45, 2.75) is 6.43 Å². The van der Waals surface area contributed by atoms with Crippen molar-refractivity contribution < 1.29 is 18.4 Å². The fourth-order valence-corrected chi connectivity index (χ4v) is 1.62. The summed E-state index contributed by atoms with van der Waals surface area (Å²) in [5.41, 5.74) is 5.02. The van der Waals surface area contributed by atoms with Gasteiger partial charge in [0.15, 0.2) is 0 Å². The molecule has 0 aliphatic rings. The number of nitro benzene ring substituents is 1. The minimum absolute atomic E-state index is 0.142. The molecular weight excluding hydrogens is 270 g/mol. The average Bonchev–Trinajstić information content (AvgIpc) is 2.38. The summed E-state index contributed by atoms with van der Waals surface area (Å²) in [6.45, 7) is 0. The van der Waals surface area contributed by atoms with Gasteiger partial charge in [-0.3, -0.25) is 10.1 Å². The summed E-state index contributed by atoms with van der Waals surface area (Å²) >= 11 is 0. The van der Waals surface area contributed by atoms with Crippen molar-refractivity contribution in [2.75, 3.05) is 5.73 Å². The SMILES string of the molecule is Nc1cccc(Oc2ccc([N+](=O)[O-])cc2C(F)F)c1. The van der Waals surface area contributed by atoms with Gasteiger partial charge in [0.1, 0.15) is 11.5 Å². The normalized spacial score (nSPS) is 10.6. The zero-order chi connectivity index (χ0) is 14.7. The first-order valence-electron chi connectivity index (χ1n) is 5.57. The molecule has 0 unspecified atom stereocenters. The molecule has 0 saturated carbocycles. The number of ether oxygens (including phenoxy) is 1. The lowest BCUT2D eigenvalue weighted by Crippen LogP contribution is -1.96. The van der Waals surface area contributed by atoms with Crippen LogP contribution in [0.5, 0.6) is 11.5 Å². The highest BCUT2D eigenvalue weighted by molar-refractivity contribution is 5.49. The van der Waals surface area contributed by atoms with E-state index < -0.39 is 22.6 Å². The second kappa shape index (κ2) is 5.52. The van der Waals surface area contributed by atoms with Gasteiger partial charge in [0.2, 0.25) is 0 Å². The number of hydrogen-bond donors (Lipinski definition) is 1. The van der Waals surface area contributed by atoms with E-state index in [1.54, 1.807) is 18.2 Å². The average molecular weight is 280 g/mol. The van der Waals surface area contributed by atoms with Crippen LogP contribution in [-0.2, 0) is 0 Å². The maximum atomic E-state index is 12.9. The molecule has 2 N–H and O–H groups in total. The van der Waals surface area contributed by atoms with Crippen LogP contribution in [0.2, 0.25) is 0 Å². The van der Waals surface area contributed by atoms with E-state index >= 15 is 0 Å². The first-order chi connectivity index (χ1) is 9.47. The van der Waals surface area contributed by atoms with E-state index in [2.05, 4.69) is 0 Å². The van der Waals surface area contributed by atoms with Crippen LogP contribution in [0.4, 0.5) is 20.2 Å². The van der Waals surface area contributed by atoms with Gasteiger partial charge in [-0.15, -0.1) is 0 Å². The highest BCUT2D eigenvalue weighted by Crippen LogP contribution is 2.35. The molecule has 104 valence electrons. The lowest BCUT2D eigenvalue weighted by atomic mass is 10.2. The summed E-state index contributed by atoms with van der Waals surface area (Å²) in [5, 5.41) is 10.6. The number of hydrogen-bond acceptors (Lipinski definition) is 4. The summed E-state index contributed by atoms with van der Waals surface area (Å²) in [6.07, 6.45) is -2.88. The Labute approximate surface area is 112 Å². The van der Waals surface area contributed by atoms with Gasteiger partial charge >= 0.3 is 0 Å². The topological polar surface area (TPSA) is 78.4 Å². The summed E-state index contributed by atoms with van der Waals surface area (Å²) < 4.78 is 31.2. The molecule has 2 aromatic carbocycles. The van der Waals surface area contributed by atoms with Gasteiger partial charge < -0.3 is 10.5 Å². The number of nitrogen functional groups attached to an aromatic ring is 1. The quantitative estimate of drug-likeness (QED) is 0.523. The van der Waals surface area contributed by atoms with Gasteiger partial charge in [0, 0.05) is 23.9 Å². The van der Waals surface area contributed by atoms with Crippen molar-refractivity contribution in [3.8, 4) is 11.5 Å². The molecular formula is C13H10F2N2O3. The van der Waals surface area contributed by atoms with Crippen molar-refractivity contribution in [3.63, 3.8) is 0 Å². The Morgan fingerprint density at radius 3 is 2.55 bits per heavy atom. The molecule has 0 atom stereocenters. The Morgan fingerprint density at radius 2 is 1.95 bits per heavy atom. The molecule has 5 nitrogen and oxygen atoms in total. The highest BCUT2D eigenvalue weighted by Gasteiger charge is 2.19. The van der Waals surface area contributed by atoms with Gasteiger partial charge in [0.05, 0.1) is 10.5 Å². The molecule has 0 fully saturated rings. The smallest absolute Gasteiger partial charge is 0.270 e. The third-order valence-electron chi connectivity index (χ3n) is 2.53. The maximum Gasteiger partial charge on any atom is 0.270 e. The number of anilines is 1. The lowest BCUT2D eigenvalue weighted by molar-refractivity contribution is -0.385. The maximum absolute atomic E-state index is 12.9. The van der Waals surface area contributed by atoms with Crippen molar-refractivity contribution in [1.82, 2.24) is 0 Å². The molecule has 0 amide bonds. The standard InChI is InChI=1S/C13H10F2N2O3/c14-13(15)11-7-9(17(18)19)4-5-12(11)20-10-3-1-2-8(16)6-10/h1-7,13H,16H2. The number of non-ortho nitro benzene ring substituents is 1. The van der Waals surface area contributed by atoms with Gasteiger partial charge in [0.25, 0.3) is 12.1 Å². The van der Waals surface area contributed by atoms with Crippen LogP contribution < -0.4 is 10.5 Å². The lowest BCUT2D eigenvalue weighted by Gasteiger charge is -2.10. The van der Waals surface area contributed by atoms with Crippen molar-refractivity contribution in [3.05, 3.63) is 58.1 Å². The molecule has 2 aromatic rings. The summed E-state index contributed by atoms with van der Waals surface area (Å²) in [4.78, 5) is 9.85. The van der Waals surface area contributed by atoms with Crippen LogP contribution in [0, 0.1) is 10.1 Å². The Morgan fingerprint density at radius 1 is 1.20 bits per heavy atom. The van der Waals surface area contributed by atoms with E-state index in [0.29, 0.717) is 5.69 Å². The zero-order valence-electron chi connectivity index (χ0n) is 10.1. The number of halogens is 2. The van der Waals surface area contributed by atoms with Crippen LogP contribution in [-0.4, -0.2) is 4.92 Å². The fourth-order valence-electron chi connectivity index (χ4n) is 1.62. The number of nitrogens with zero attached hydrogens (tertiary/aromatic N) is 1. The Kier molecular flexibility index (Phi) is 3.79. The number of alkyl halides is 2. The van der Waals surface area contributed by atoms with E-state index in [1.165, 1.54) is 6.07 Å². The number of benzene rings is 2. The summed E-state index contributed by atoms with van der Waals surface area (Å²) in [7, 11) is 0. The number of nitrogens with two attached hydrogens (primary N) is 1. The van der Waals surface area contributed by atoms with Crippen molar-refractivity contribution in [2.24, 2.45) is 0 Å². The zero-order valence-corrected chi connectivity index (χ0v) is 10.1. The van der Waals surface area contributed by atoms with Crippen LogP contribution in [0.3, 0.4) is 0 Å². The Bertz CT molecular complexity index is 647. The largest absolute Gasteiger partial charge is 0.457 e. The minimum Gasteiger partial charge on any atom is -0.457 e. The summed E-state index contributed by atoms with van der Waals surface area (Å²) in [5.74, 6) is 0.136. The molecule has 0 saturated heterocycles. The molecule has 0 heterocycles. The van der Waals surface area contributed by atoms with E-state index in [4.69, 9.17) is 10.5 Å². The molecule has 7 heteroatoms. The van der Waals surface area contributed by atoms with Crippen molar-refractivity contribution >= 4 is 11.4 Å².